The van der Waals surface area contributed by atoms with Crippen molar-refractivity contribution in [2.75, 3.05) is 0 Å². The van der Waals surface area contributed by atoms with E-state index in [1.807, 2.05) is 13.0 Å². The zero-order valence-corrected chi connectivity index (χ0v) is 16.9. The lowest BCUT2D eigenvalue weighted by atomic mass is 9.73. The molecule has 0 radical (unpaired) electrons. The van der Waals surface area contributed by atoms with Crippen LogP contribution in [0, 0.1) is 13.8 Å². The van der Waals surface area contributed by atoms with Crippen LogP contribution in [0.15, 0.2) is 45.7 Å². The number of nitrogens with zero attached hydrogens (tertiary/aromatic N) is 2. The van der Waals surface area contributed by atoms with Crippen molar-refractivity contribution in [2.45, 2.75) is 44.8 Å². The number of hydrogen-bond donors (Lipinski definition) is 0. The third-order valence-corrected chi connectivity index (χ3v) is 6.28. The summed E-state index contributed by atoms with van der Waals surface area (Å²) in [5.41, 5.74) is 0.928. The number of alkyl halides is 3. The first-order valence-electron chi connectivity index (χ1n) is 9.04. The predicted molar refractivity (Wildman–Crippen MR) is 106 cm³/mol. The molecule has 0 spiro atoms. The van der Waals surface area contributed by atoms with Gasteiger partial charge in [-0.05, 0) is 65.9 Å². The first kappa shape index (κ1) is 19.2. The second-order valence-corrected chi connectivity index (χ2v) is 8.11. The van der Waals surface area contributed by atoms with E-state index in [0.717, 1.165) is 11.6 Å². The molecule has 1 saturated carbocycles. The summed E-state index contributed by atoms with van der Waals surface area (Å²) in [7, 11) is 0. The molecule has 146 valence electrons. The van der Waals surface area contributed by atoms with Crippen LogP contribution >= 0.6 is 15.9 Å². The maximum Gasteiger partial charge on any atom is 0.416 e. The standard InChI is InChI=1S/C21H18BrF3N2O/c1-11-7-9-16(22)18-19(11)26-12(2)27(20(18)28)17-10-8-14(17)13-5-3-4-6-15(13)21(23,24)25/h3-7,9,14,17H,8,10H2,1-2H3. The first-order valence-corrected chi connectivity index (χ1v) is 9.83. The molecule has 1 fully saturated rings. The van der Waals surface area contributed by atoms with Gasteiger partial charge < -0.3 is 0 Å². The fraction of sp³-hybridized carbons (Fsp3) is 0.333. The molecule has 0 saturated heterocycles. The maximum atomic E-state index is 13.5. The monoisotopic (exact) mass is 450 g/mol. The Morgan fingerprint density at radius 1 is 1.11 bits per heavy atom. The van der Waals surface area contributed by atoms with Crippen LogP contribution in [0.3, 0.4) is 0 Å². The fourth-order valence-corrected chi connectivity index (χ4v) is 4.61. The Kier molecular flexibility index (Phi) is 4.61. The highest BCUT2D eigenvalue weighted by atomic mass is 79.9. The summed E-state index contributed by atoms with van der Waals surface area (Å²) in [5, 5.41) is 0.473. The Morgan fingerprint density at radius 3 is 2.46 bits per heavy atom. The van der Waals surface area contributed by atoms with Crippen LogP contribution in [-0.4, -0.2) is 9.55 Å². The number of aromatic nitrogens is 2. The second kappa shape index (κ2) is 6.72. The Balaban J connectivity index is 1.87. The maximum absolute atomic E-state index is 13.5. The van der Waals surface area contributed by atoms with E-state index in [1.165, 1.54) is 12.1 Å². The molecule has 0 bridgehead atoms. The summed E-state index contributed by atoms with van der Waals surface area (Å²) < 4.78 is 42.6. The molecule has 2 aromatic carbocycles. The van der Waals surface area contributed by atoms with Crippen molar-refractivity contribution in [1.82, 2.24) is 9.55 Å². The molecule has 7 heteroatoms. The average Bonchev–Trinajstić information content (AvgIpc) is 2.60. The number of fused-ring (bicyclic) bond motifs is 1. The van der Waals surface area contributed by atoms with Gasteiger partial charge in [0.15, 0.2) is 0 Å². The van der Waals surface area contributed by atoms with Gasteiger partial charge in [0.25, 0.3) is 5.56 Å². The molecule has 0 amide bonds. The molecule has 28 heavy (non-hydrogen) atoms. The molecule has 0 N–H and O–H groups in total. The lowest BCUT2D eigenvalue weighted by molar-refractivity contribution is -0.138. The van der Waals surface area contributed by atoms with Gasteiger partial charge in [-0.3, -0.25) is 9.36 Å². The lowest BCUT2D eigenvalue weighted by Crippen LogP contribution is -2.37. The minimum atomic E-state index is -4.42. The normalized spacial score (nSPS) is 19.6. The highest BCUT2D eigenvalue weighted by Crippen LogP contribution is 2.49. The largest absolute Gasteiger partial charge is 0.416 e. The van der Waals surface area contributed by atoms with Crippen molar-refractivity contribution in [3.8, 4) is 0 Å². The van der Waals surface area contributed by atoms with Gasteiger partial charge in [0, 0.05) is 16.4 Å². The zero-order chi connectivity index (χ0) is 20.2. The van der Waals surface area contributed by atoms with E-state index in [1.54, 1.807) is 23.6 Å². The summed E-state index contributed by atoms with van der Waals surface area (Å²) in [6.07, 6.45) is -3.16. The topological polar surface area (TPSA) is 34.9 Å². The van der Waals surface area contributed by atoms with E-state index in [9.17, 15) is 18.0 Å². The van der Waals surface area contributed by atoms with Crippen molar-refractivity contribution < 1.29 is 13.2 Å². The van der Waals surface area contributed by atoms with Gasteiger partial charge in [-0.25, -0.2) is 4.98 Å². The predicted octanol–water partition coefficient (Wildman–Crippen LogP) is 5.91. The molecule has 1 aliphatic carbocycles. The minimum Gasteiger partial charge on any atom is -0.293 e. The van der Waals surface area contributed by atoms with Gasteiger partial charge in [-0.2, -0.15) is 13.2 Å². The van der Waals surface area contributed by atoms with Crippen molar-refractivity contribution in [1.29, 1.82) is 0 Å². The van der Waals surface area contributed by atoms with Crippen LogP contribution in [-0.2, 0) is 6.18 Å². The summed E-state index contributed by atoms with van der Waals surface area (Å²) in [6, 6.07) is 9.00. The van der Waals surface area contributed by atoms with Crippen molar-refractivity contribution in [3.05, 3.63) is 73.7 Å². The quantitative estimate of drug-likeness (QED) is 0.486. The number of hydrogen-bond acceptors (Lipinski definition) is 2. The van der Waals surface area contributed by atoms with Crippen molar-refractivity contribution in [2.24, 2.45) is 0 Å². The summed E-state index contributed by atoms with van der Waals surface area (Å²) in [6.45, 7) is 3.63. The van der Waals surface area contributed by atoms with Gasteiger partial charge in [-0.15, -0.1) is 0 Å². The average molecular weight is 451 g/mol. The number of aryl methyl sites for hydroxylation is 2. The second-order valence-electron chi connectivity index (χ2n) is 7.26. The number of halogens is 4. The van der Waals surface area contributed by atoms with E-state index in [0.29, 0.717) is 34.0 Å². The molecule has 3 nitrogen and oxygen atoms in total. The SMILES string of the molecule is Cc1ccc(Br)c2c(=O)n(C3CCC3c3ccccc3C(F)(F)F)c(C)nc12. The summed E-state index contributed by atoms with van der Waals surface area (Å²) in [4.78, 5) is 17.9. The molecule has 2 atom stereocenters. The third kappa shape index (κ3) is 2.96. The molecule has 1 aromatic heterocycles. The molecule has 0 aliphatic heterocycles. The molecule has 1 heterocycles. The fourth-order valence-electron chi connectivity index (χ4n) is 4.12. The highest BCUT2D eigenvalue weighted by molar-refractivity contribution is 9.10. The van der Waals surface area contributed by atoms with E-state index < -0.39 is 11.7 Å². The van der Waals surface area contributed by atoms with E-state index in [-0.39, 0.29) is 23.1 Å². The number of benzene rings is 2. The zero-order valence-electron chi connectivity index (χ0n) is 15.3. The molecular weight excluding hydrogens is 433 g/mol. The first-order chi connectivity index (χ1) is 13.2. The van der Waals surface area contributed by atoms with Gasteiger partial charge in [0.2, 0.25) is 0 Å². The van der Waals surface area contributed by atoms with Crippen molar-refractivity contribution >= 4 is 26.8 Å². The van der Waals surface area contributed by atoms with Crippen LogP contribution in [0.5, 0.6) is 0 Å². The van der Waals surface area contributed by atoms with Gasteiger partial charge in [-0.1, -0.05) is 24.3 Å². The van der Waals surface area contributed by atoms with Crippen LogP contribution in [0.2, 0.25) is 0 Å². The van der Waals surface area contributed by atoms with Gasteiger partial charge in [0.1, 0.15) is 5.82 Å². The Hall–Kier alpha value is -2.15. The lowest BCUT2D eigenvalue weighted by Gasteiger charge is -2.40. The summed E-state index contributed by atoms with van der Waals surface area (Å²) in [5.74, 6) is 0.162. The van der Waals surface area contributed by atoms with E-state index in [4.69, 9.17) is 0 Å². The van der Waals surface area contributed by atoms with E-state index in [2.05, 4.69) is 20.9 Å². The Bertz CT molecular complexity index is 1140. The third-order valence-electron chi connectivity index (χ3n) is 5.62. The Labute approximate surface area is 168 Å². The van der Waals surface area contributed by atoms with Crippen LogP contribution < -0.4 is 5.56 Å². The molecule has 4 rings (SSSR count). The molecular formula is C21H18BrF3N2O. The number of rotatable bonds is 2. The van der Waals surface area contributed by atoms with Gasteiger partial charge in [0.05, 0.1) is 16.5 Å². The Morgan fingerprint density at radius 2 is 1.82 bits per heavy atom. The van der Waals surface area contributed by atoms with Gasteiger partial charge >= 0.3 is 6.18 Å². The highest BCUT2D eigenvalue weighted by Gasteiger charge is 2.41. The van der Waals surface area contributed by atoms with Crippen LogP contribution in [0.4, 0.5) is 13.2 Å². The molecule has 3 aromatic rings. The smallest absolute Gasteiger partial charge is 0.293 e. The van der Waals surface area contributed by atoms with E-state index >= 15 is 0 Å². The van der Waals surface area contributed by atoms with Crippen LogP contribution in [0.25, 0.3) is 10.9 Å². The van der Waals surface area contributed by atoms with Crippen LogP contribution in [0.1, 0.15) is 47.3 Å². The molecule has 2 unspecified atom stereocenters. The van der Waals surface area contributed by atoms with Crippen molar-refractivity contribution in [3.63, 3.8) is 0 Å². The molecule has 1 aliphatic rings. The minimum absolute atomic E-state index is 0.211. The summed E-state index contributed by atoms with van der Waals surface area (Å²) >= 11 is 3.43.